The van der Waals surface area contributed by atoms with E-state index in [-0.39, 0.29) is 0 Å². The van der Waals surface area contributed by atoms with E-state index in [0.29, 0.717) is 6.42 Å². The molecule has 0 N–H and O–H groups in total. The smallest absolute Gasteiger partial charge is 0.144 e. The van der Waals surface area contributed by atoms with Crippen LogP contribution in [0.15, 0.2) is 46.0 Å². The van der Waals surface area contributed by atoms with Crippen molar-refractivity contribution >= 4 is 11.9 Å². The van der Waals surface area contributed by atoms with E-state index in [1.54, 1.807) is 13.4 Å². The highest BCUT2D eigenvalue weighted by molar-refractivity contribution is 5.68. The van der Waals surface area contributed by atoms with Crippen LogP contribution in [0.2, 0.25) is 0 Å². The average molecular weight is 229 g/mol. The zero-order valence-corrected chi connectivity index (χ0v) is 10.0. The van der Waals surface area contributed by atoms with Gasteiger partial charge in [0.15, 0.2) is 0 Å². The number of benzene rings is 1. The van der Waals surface area contributed by atoms with Gasteiger partial charge in [0.05, 0.1) is 13.4 Å². The second-order valence-corrected chi connectivity index (χ2v) is 3.71. The van der Waals surface area contributed by atoms with E-state index in [1.807, 2.05) is 43.5 Å². The molecule has 0 amide bonds. The first-order valence-electron chi connectivity index (χ1n) is 5.50. The predicted octanol–water partition coefficient (Wildman–Crippen LogP) is 3.54. The van der Waals surface area contributed by atoms with Gasteiger partial charge < -0.3 is 9.15 Å². The minimum absolute atomic E-state index is 0.691. The Morgan fingerprint density at radius 1 is 1.29 bits per heavy atom. The number of rotatable bonds is 4. The van der Waals surface area contributed by atoms with Crippen molar-refractivity contribution in [3.8, 4) is 5.75 Å². The highest BCUT2D eigenvalue weighted by Crippen LogP contribution is 2.25. The van der Waals surface area contributed by atoms with Gasteiger partial charge >= 0.3 is 0 Å². The first kappa shape index (κ1) is 11.5. The van der Waals surface area contributed by atoms with Gasteiger partial charge in [-0.2, -0.15) is 0 Å². The predicted molar refractivity (Wildman–Crippen MR) is 68.3 cm³/mol. The molecule has 88 valence electrons. The lowest BCUT2D eigenvalue weighted by molar-refractivity contribution is 0.416. The summed E-state index contributed by atoms with van der Waals surface area (Å²) in [7, 11) is 1.64. The molecule has 1 heterocycles. The number of furan rings is 1. The van der Waals surface area contributed by atoms with Crippen LogP contribution in [-0.2, 0) is 6.42 Å². The molecule has 0 atom stereocenters. The lowest BCUT2D eigenvalue weighted by Crippen LogP contribution is -1.86. The highest BCUT2D eigenvalue weighted by atomic mass is 16.5. The zero-order chi connectivity index (χ0) is 12.1. The second-order valence-electron chi connectivity index (χ2n) is 3.71. The first-order valence-corrected chi connectivity index (χ1v) is 5.50. The van der Waals surface area contributed by atoms with Crippen LogP contribution in [0.3, 0.4) is 0 Å². The number of hydrogen-bond acceptors (Lipinski definition) is 3. The number of hydrogen-bond donors (Lipinski definition) is 0. The summed E-state index contributed by atoms with van der Waals surface area (Å²) in [6.07, 6.45) is 4.22. The lowest BCUT2D eigenvalue weighted by atomic mass is 10.2. The van der Waals surface area contributed by atoms with Gasteiger partial charge in [0.2, 0.25) is 0 Å². The van der Waals surface area contributed by atoms with Crippen LogP contribution >= 0.6 is 0 Å². The van der Waals surface area contributed by atoms with E-state index < -0.39 is 0 Å². The summed E-state index contributed by atoms with van der Waals surface area (Å²) >= 11 is 0. The summed E-state index contributed by atoms with van der Waals surface area (Å²) < 4.78 is 10.6. The second kappa shape index (κ2) is 5.34. The largest absolute Gasteiger partial charge is 0.494 e. The molecular weight excluding hydrogens is 214 g/mol. The fourth-order valence-corrected chi connectivity index (χ4v) is 1.58. The maximum atomic E-state index is 5.34. The topological polar surface area (TPSA) is 34.7 Å². The lowest BCUT2D eigenvalue weighted by Gasteiger charge is -2.02. The molecule has 0 unspecified atom stereocenters. The van der Waals surface area contributed by atoms with Gasteiger partial charge in [0.1, 0.15) is 17.2 Å². The van der Waals surface area contributed by atoms with Crippen LogP contribution in [0.25, 0.3) is 0 Å². The molecule has 0 fully saturated rings. The minimum atomic E-state index is 0.691. The Balaban J connectivity index is 2.08. The number of para-hydroxylation sites is 2. The molecule has 2 aromatic rings. The van der Waals surface area contributed by atoms with E-state index in [9.17, 15) is 0 Å². The van der Waals surface area contributed by atoms with Crippen LogP contribution in [0.1, 0.15) is 11.3 Å². The molecular formula is C14H15NO2. The van der Waals surface area contributed by atoms with Gasteiger partial charge in [-0.05, 0) is 30.7 Å². The van der Waals surface area contributed by atoms with Crippen LogP contribution in [-0.4, -0.2) is 13.3 Å². The summed E-state index contributed by atoms with van der Waals surface area (Å²) in [6, 6.07) is 9.63. The van der Waals surface area contributed by atoms with E-state index in [4.69, 9.17) is 9.15 Å². The Morgan fingerprint density at radius 3 is 2.82 bits per heavy atom. The molecule has 0 radical (unpaired) electrons. The van der Waals surface area contributed by atoms with Gasteiger partial charge in [-0.3, -0.25) is 4.99 Å². The molecule has 0 aliphatic rings. The number of nitrogens with zero attached hydrogens (tertiary/aromatic N) is 1. The number of methoxy groups -OCH3 is 1. The molecule has 3 nitrogen and oxygen atoms in total. The Labute approximate surface area is 101 Å². The SMILES string of the molecule is COc1ccccc1N=CCc1occc1C. The minimum Gasteiger partial charge on any atom is -0.494 e. The molecule has 1 aromatic carbocycles. The Hall–Kier alpha value is -2.03. The summed E-state index contributed by atoms with van der Waals surface area (Å²) in [4.78, 5) is 4.38. The van der Waals surface area contributed by atoms with Crippen molar-refractivity contribution in [3.05, 3.63) is 47.9 Å². The molecule has 0 spiro atoms. The van der Waals surface area contributed by atoms with Gasteiger partial charge in [-0.1, -0.05) is 12.1 Å². The Kier molecular flexibility index (Phi) is 3.60. The van der Waals surface area contributed by atoms with Gasteiger partial charge in [0.25, 0.3) is 0 Å². The van der Waals surface area contributed by atoms with E-state index in [1.165, 1.54) is 0 Å². The number of ether oxygens (including phenoxy) is 1. The molecule has 0 aliphatic carbocycles. The summed E-state index contributed by atoms with van der Waals surface area (Å²) in [6.45, 7) is 2.02. The normalized spacial score (nSPS) is 10.9. The quantitative estimate of drug-likeness (QED) is 0.751. The van der Waals surface area contributed by atoms with E-state index >= 15 is 0 Å². The van der Waals surface area contributed by atoms with Gasteiger partial charge in [-0.15, -0.1) is 0 Å². The third kappa shape index (κ3) is 2.75. The van der Waals surface area contributed by atoms with E-state index in [2.05, 4.69) is 4.99 Å². The Bertz CT molecular complexity index is 514. The molecule has 0 aliphatic heterocycles. The highest BCUT2D eigenvalue weighted by Gasteiger charge is 2.00. The molecule has 0 bridgehead atoms. The molecule has 0 saturated carbocycles. The maximum absolute atomic E-state index is 5.34. The number of aryl methyl sites for hydroxylation is 1. The van der Waals surface area contributed by atoms with Crippen molar-refractivity contribution in [3.63, 3.8) is 0 Å². The average Bonchev–Trinajstić information content (AvgIpc) is 2.76. The third-order valence-electron chi connectivity index (χ3n) is 2.56. The van der Waals surface area contributed by atoms with Crippen molar-refractivity contribution in [2.75, 3.05) is 7.11 Å². The van der Waals surface area contributed by atoms with Gasteiger partial charge in [-0.25, -0.2) is 0 Å². The summed E-state index contributed by atoms with van der Waals surface area (Å²) in [5.74, 6) is 1.73. The molecule has 1 aromatic heterocycles. The van der Waals surface area contributed by atoms with Crippen LogP contribution < -0.4 is 4.74 Å². The third-order valence-corrected chi connectivity index (χ3v) is 2.56. The van der Waals surface area contributed by atoms with Gasteiger partial charge in [0, 0.05) is 12.6 Å². The fraction of sp³-hybridized carbons (Fsp3) is 0.214. The van der Waals surface area contributed by atoms with Crippen LogP contribution in [0.4, 0.5) is 5.69 Å². The van der Waals surface area contributed by atoms with Crippen molar-refractivity contribution < 1.29 is 9.15 Å². The summed E-state index contributed by atoms with van der Waals surface area (Å²) in [5.41, 5.74) is 1.98. The fourth-order valence-electron chi connectivity index (χ4n) is 1.58. The molecule has 3 heteroatoms. The van der Waals surface area contributed by atoms with Crippen molar-refractivity contribution in [2.24, 2.45) is 4.99 Å². The standard InChI is InChI=1S/C14H15NO2/c1-11-8-10-17-13(11)7-9-15-12-5-3-4-6-14(12)16-2/h3-6,8-10H,7H2,1-2H3. The van der Waals surface area contributed by atoms with E-state index in [0.717, 1.165) is 22.8 Å². The summed E-state index contributed by atoms with van der Waals surface area (Å²) in [5, 5.41) is 0. The Morgan fingerprint density at radius 2 is 2.12 bits per heavy atom. The molecule has 0 saturated heterocycles. The van der Waals surface area contributed by atoms with Crippen molar-refractivity contribution in [1.82, 2.24) is 0 Å². The number of aliphatic imine (C=N–C) groups is 1. The van der Waals surface area contributed by atoms with Crippen molar-refractivity contribution in [2.45, 2.75) is 13.3 Å². The van der Waals surface area contributed by atoms with Crippen LogP contribution in [0.5, 0.6) is 5.75 Å². The molecule has 2 rings (SSSR count). The monoisotopic (exact) mass is 229 g/mol. The van der Waals surface area contributed by atoms with Crippen LogP contribution in [0, 0.1) is 6.92 Å². The maximum Gasteiger partial charge on any atom is 0.144 e. The first-order chi connectivity index (χ1) is 8.31. The van der Waals surface area contributed by atoms with Crippen molar-refractivity contribution in [1.29, 1.82) is 0 Å². The zero-order valence-electron chi connectivity index (χ0n) is 10.0. The molecule has 17 heavy (non-hydrogen) atoms.